The Balaban J connectivity index is 1.30. The number of piperidine rings is 1. The zero-order chi connectivity index (χ0) is 19.3. The molecule has 0 unspecified atom stereocenters. The van der Waals surface area contributed by atoms with Crippen LogP contribution in [-0.2, 0) is 17.9 Å². The fraction of sp³-hybridized carbons (Fsp3) is 0.333. The molecule has 4 rings (SSSR count). The van der Waals surface area contributed by atoms with E-state index in [2.05, 4.69) is 44.8 Å². The Bertz CT molecular complexity index is 1010. The predicted octanol–water partition coefficient (Wildman–Crippen LogP) is 1.57. The average molecular weight is 377 g/mol. The minimum Gasteiger partial charge on any atom is -0.352 e. The lowest BCUT2D eigenvalue weighted by Crippen LogP contribution is -2.46. The van der Waals surface area contributed by atoms with Crippen molar-refractivity contribution in [2.45, 2.75) is 32.0 Å². The van der Waals surface area contributed by atoms with Crippen LogP contribution >= 0.6 is 0 Å². The average Bonchev–Trinajstić information content (AvgIpc) is 2.72. The van der Waals surface area contributed by atoms with E-state index in [1.807, 2.05) is 6.07 Å². The molecule has 1 amide bonds. The Hall–Kier alpha value is -3.06. The number of aromatic nitrogens is 3. The lowest BCUT2D eigenvalue weighted by Gasteiger charge is -2.32. The molecular weight excluding hydrogens is 354 g/mol. The summed E-state index contributed by atoms with van der Waals surface area (Å²) in [4.78, 5) is 27.2. The third-order valence-corrected chi connectivity index (χ3v) is 5.12. The van der Waals surface area contributed by atoms with Gasteiger partial charge in [0.05, 0.1) is 5.39 Å². The molecule has 0 spiro atoms. The Morgan fingerprint density at radius 2 is 1.75 bits per heavy atom. The number of likely N-dealkylation sites (tertiary alicyclic amines) is 1. The number of fused-ring (bicyclic) bond motifs is 1. The van der Waals surface area contributed by atoms with Crippen LogP contribution in [0.4, 0.5) is 0 Å². The maximum absolute atomic E-state index is 12.4. The van der Waals surface area contributed by atoms with Crippen molar-refractivity contribution in [2.24, 2.45) is 0 Å². The summed E-state index contributed by atoms with van der Waals surface area (Å²) in [6, 6.07) is 17.5. The summed E-state index contributed by atoms with van der Waals surface area (Å²) in [5.74, 6) is -0.201. The largest absolute Gasteiger partial charge is 0.352 e. The van der Waals surface area contributed by atoms with Gasteiger partial charge >= 0.3 is 0 Å². The quantitative estimate of drug-likeness (QED) is 0.730. The van der Waals surface area contributed by atoms with Gasteiger partial charge in [-0.3, -0.25) is 14.5 Å². The third kappa shape index (κ3) is 4.26. The standard InChI is InChI=1S/C21H23N5O2/c27-20(15-26-21(28)18-8-4-5-9-19(18)23-24-26)22-17-10-12-25(13-11-17)14-16-6-2-1-3-7-16/h1-9,17H,10-15H2,(H,22,27). The molecule has 7 nitrogen and oxygen atoms in total. The van der Waals surface area contributed by atoms with Gasteiger partial charge in [0.1, 0.15) is 12.1 Å². The van der Waals surface area contributed by atoms with Crippen LogP contribution in [0.3, 0.4) is 0 Å². The number of nitrogens with zero attached hydrogens (tertiary/aromatic N) is 4. The minimum absolute atomic E-state index is 0.110. The molecule has 0 saturated carbocycles. The van der Waals surface area contributed by atoms with Gasteiger partial charge < -0.3 is 5.32 Å². The van der Waals surface area contributed by atoms with Crippen LogP contribution in [0.5, 0.6) is 0 Å². The van der Waals surface area contributed by atoms with Crippen molar-refractivity contribution in [2.75, 3.05) is 13.1 Å². The highest BCUT2D eigenvalue weighted by Gasteiger charge is 2.21. The predicted molar refractivity (Wildman–Crippen MR) is 107 cm³/mol. The molecule has 1 fully saturated rings. The van der Waals surface area contributed by atoms with Gasteiger partial charge in [0.25, 0.3) is 5.56 Å². The highest BCUT2D eigenvalue weighted by atomic mass is 16.2. The molecule has 3 aromatic rings. The molecule has 0 radical (unpaired) electrons. The van der Waals surface area contributed by atoms with E-state index >= 15 is 0 Å². The second kappa shape index (κ2) is 8.31. The van der Waals surface area contributed by atoms with E-state index in [1.165, 1.54) is 5.56 Å². The molecule has 0 bridgehead atoms. The van der Waals surface area contributed by atoms with Crippen molar-refractivity contribution in [1.29, 1.82) is 0 Å². The van der Waals surface area contributed by atoms with Gasteiger partial charge in [0.15, 0.2) is 0 Å². The summed E-state index contributed by atoms with van der Waals surface area (Å²) in [5.41, 5.74) is 1.55. The van der Waals surface area contributed by atoms with Crippen molar-refractivity contribution < 1.29 is 4.79 Å². The third-order valence-electron chi connectivity index (χ3n) is 5.12. The molecule has 2 heterocycles. The van der Waals surface area contributed by atoms with Crippen LogP contribution in [0.15, 0.2) is 59.4 Å². The maximum Gasteiger partial charge on any atom is 0.278 e. The number of hydrogen-bond donors (Lipinski definition) is 1. The van der Waals surface area contributed by atoms with E-state index in [0.29, 0.717) is 10.9 Å². The molecule has 1 saturated heterocycles. The van der Waals surface area contributed by atoms with Crippen molar-refractivity contribution in [1.82, 2.24) is 25.2 Å². The normalized spacial score (nSPS) is 15.6. The zero-order valence-corrected chi connectivity index (χ0v) is 15.6. The molecule has 144 valence electrons. The zero-order valence-electron chi connectivity index (χ0n) is 15.6. The molecule has 1 aliphatic rings. The van der Waals surface area contributed by atoms with Gasteiger partial charge in [0, 0.05) is 25.7 Å². The number of amides is 1. The summed E-state index contributed by atoms with van der Waals surface area (Å²) in [7, 11) is 0. The van der Waals surface area contributed by atoms with E-state index < -0.39 is 0 Å². The Morgan fingerprint density at radius 1 is 1.04 bits per heavy atom. The fourth-order valence-corrected chi connectivity index (χ4v) is 3.61. The maximum atomic E-state index is 12.4. The number of carbonyl (C=O) groups excluding carboxylic acids is 1. The van der Waals surface area contributed by atoms with Crippen molar-refractivity contribution in [3.05, 3.63) is 70.5 Å². The molecule has 2 aromatic carbocycles. The lowest BCUT2D eigenvalue weighted by atomic mass is 10.0. The van der Waals surface area contributed by atoms with Crippen LogP contribution < -0.4 is 10.9 Å². The van der Waals surface area contributed by atoms with E-state index in [-0.39, 0.29) is 24.1 Å². The monoisotopic (exact) mass is 377 g/mol. The molecular formula is C21H23N5O2. The summed E-state index contributed by atoms with van der Waals surface area (Å²) >= 11 is 0. The first-order valence-electron chi connectivity index (χ1n) is 9.57. The highest BCUT2D eigenvalue weighted by Crippen LogP contribution is 2.14. The molecule has 28 heavy (non-hydrogen) atoms. The van der Waals surface area contributed by atoms with E-state index in [4.69, 9.17) is 0 Å². The highest BCUT2D eigenvalue weighted by molar-refractivity contribution is 5.78. The van der Waals surface area contributed by atoms with Crippen LogP contribution in [0.25, 0.3) is 10.9 Å². The van der Waals surface area contributed by atoms with Crippen molar-refractivity contribution >= 4 is 16.8 Å². The van der Waals surface area contributed by atoms with E-state index in [0.717, 1.165) is 37.2 Å². The van der Waals surface area contributed by atoms with Crippen LogP contribution in [-0.4, -0.2) is 44.9 Å². The number of rotatable bonds is 5. The molecule has 1 aromatic heterocycles. The number of carbonyl (C=O) groups is 1. The molecule has 1 N–H and O–H groups in total. The van der Waals surface area contributed by atoms with Gasteiger partial charge in [-0.05, 0) is 30.5 Å². The number of nitrogens with one attached hydrogen (secondary N) is 1. The van der Waals surface area contributed by atoms with Crippen molar-refractivity contribution in [3.63, 3.8) is 0 Å². The van der Waals surface area contributed by atoms with Crippen LogP contribution in [0, 0.1) is 0 Å². The molecule has 0 aliphatic carbocycles. The first-order valence-corrected chi connectivity index (χ1v) is 9.57. The number of benzene rings is 2. The second-order valence-electron chi connectivity index (χ2n) is 7.17. The minimum atomic E-state index is -0.293. The van der Waals surface area contributed by atoms with Crippen LogP contribution in [0.1, 0.15) is 18.4 Å². The Kier molecular flexibility index (Phi) is 5.43. The Labute approximate surface area is 163 Å². The Morgan fingerprint density at radius 3 is 2.54 bits per heavy atom. The lowest BCUT2D eigenvalue weighted by molar-refractivity contribution is -0.123. The molecule has 1 aliphatic heterocycles. The second-order valence-corrected chi connectivity index (χ2v) is 7.17. The molecule has 7 heteroatoms. The first kappa shape index (κ1) is 18.3. The van der Waals surface area contributed by atoms with Gasteiger partial charge in [-0.1, -0.05) is 47.7 Å². The van der Waals surface area contributed by atoms with E-state index in [9.17, 15) is 9.59 Å². The van der Waals surface area contributed by atoms with Gasteiger partial charge in [-0.2, -0.15) is 0 Å². The first-order chi connectivity index (χ1) is 13.7. The van der Waals surface area contributed by atoms with Gasteiger partial charge in [-0.15, -0.1) is 5.10 Å². The fourth-order valence-electron chi connectivity index (χ4n) is 3.61. The molecule has 0 atom stereocenters. The summed E-state index contributed by atoms with van der Waals surface area (Å²) in [5, 5.41) is 11.4. The van der Waals surface area contributed by atoms with Crippen molar-refractivity contribution in [3.8, 4) is 0 Å². The summed E-state index contributed by atoms with van der Waals surface area (Å²) in [6.07, 6.45) is 1.80. The SMILES string of the molecule is O=C(Cn1nnc2ccccc2c1=O)NC1CCN(Cc2ccccc2)CC1. The summed E-state index contributed by atoms with van der Waals surface area (Å²) < 4.78 is 1.13. The number of hydrogen-bond acceptors (Lipinski definition) is 5. The van der Waals surface area contributed by atoms with Gasteiger partial charge in [-0.25, -0.2) is 4.68 Å². The summed E-state index contributed by atoms with van der Waals surface area (Å²) in [6.45, 7) is 2.70. The van der Waals surface area contributed by atoms with E-state index in [1.54, 1.807) is 24.3 Å². The van der Waals surface area contributed by atoms with Gasteiger partial charge in [0.2, 0.25) is 5.91 Å². The van der Waals surface area contributed by atoms with Crippen LogP contribution in [0.2, 0.25) is 0 Å². The topological polar surface area (TPSA) is 80.1 Å². The smallest absolute Gasteiger partial charge is 0.278 e.